The first-order valence-electron chi connectivity index (χ1n) is 6.70. The summed E-state index contributed by atoms with van der Waals surface area (Å²) >= 11 is 0. The van der Waals surface area contributed by atoms with E-state index in [2.05, 4.69) is 36.6 Å². The minimum absolute atomic E-state index is 0.135. The Balaban J connectivity index is 2.02. The summed E-state index contributed by atoms with van der Waals surface area (Å²) in [5, 5.41) is 6.20. The van der Waals surface area contributed by atoms with Crippen molar-refractivity contribution in [2.75, 3.05) is 13.1 Å². The topological polar surface area (TPSA) is 41.1 Å². The second-order valence-corrected chi connectivity index (χ2v) is 4.94. The molecule has 1 aromatic carbocycles. The third-order valence-electron chi connectivity index (χ3n) is 2.74. The van der Waals surface area contributed by atoms with Crippen molar-refractivity contribution < 1.29 is 4.79 Å². The van der Waals surface area contributed by atoms with E-state index >= 15 is 0 Å². The molecule has 100 valence electrons. The van der Waals surface area contributed by atoms with Crippen LogP contribution in [0, 0.1) is 5.92 Å². The fourth-order valence-electron chi connectivity index (χ4n) is 1.62. The van der Waals surface area contributed by atoms with Crippen LogP contribution in [0.2, 0.25) is 0 Å². The molecular weight excluding hydrogens is 224 g/mol. The van der Waals surface area contributed by atoms with Gasteiger partial charge in [0, 0.05) is 26.1 Å². The zero-order chi connectivity index (χ0) is 13.2. The van der Waals surface area contributed by atoms with Crippen LogP contribution in [0.1, 0.15) is 32.3 Å². The Hall–Kier alpha value is -1.35. The van der Waals surface area contributed by atoms with Crippen molar-refractivity contribution in [1.82, 2.24) is 10.6 Å². The number of carbonyl (C=O) groups excluding carboxylic acids is 1. The van der Waals surface area contributed by atoms with Crippen LogP contribution in [0.15, 0.2) is 30.3 Å². The molecule has 0 fully saturated rings. The lowest BCUT2D eigenvalue weighted by atomic mass is 10.1. The van der Waals surface area contributed by atoms with Gasteiger partial charge in [-0.05, 0) is 17.9 Å². The highest BCUT2D eigenvalue weighted by atomic mass is 16.1. The quantitative estimate of drug-likeness (QED) is 0.693. The van der Waals surface area contributed by atoms with Gasteiger partial charge in [0.15, 0.2) is 0 Å². The lowest BCUT2D eigenvalue weighted by Gasteiger charge is -2.08. The molecule has 1 aromatic rings. The van der Waals surface area contributed by atoms with Gasteiger partial charge in [0.1, 0.15) is 0 Å². The van der Waals surface area contributed by atoms with Crippen molar-refractivity contribution in [3.63, 3.8) is 0 Å². The molecule has 0 aliphatic carbocycles. The maximum Gasteiger partial charge on any atom is 0.221 e. The van der Waals surface area contributed by atoms with Crippen LogP contribution in [-0.2, 0) is 11.3 Å². The van der Waals surface area contributed by atoms with E-state index in [1.807, 2.05) is 18.2 Å². The Labute approximate surface area is 110 Å². The zero-order valence-electron chi connectivity index (χ0n) is 11.4. The van der Waals surface area contributed by atoms with Crippen LogP contribution in [-0.4, -0.2) is 19.0 Å². The van der Waals surface area contributed by atoms with Gasteiger partial charge in [-0.15, -0.1) is 0 Å². The molecule has 18 heavy (non-hydrogen) atoms. The fraction of sp³-hybridized carbons (Fsp3) is 0.533. The Morgan fingerprint density at radius 1 is 1.17 bits per heavy atom. The Morgan fingerprint density at radius 2 is 1.89 bits per heavy atom. The molecule has 1 amide bonds. The molecule has 0 saturated heterocycles. The number of amides is 1. The van der Waals surface area contributed by atoms with E-state index in [-0.39, 0.29) is 5.91 Å². The molecular formula is C15H24N2O. The highest BCUT2D eigenvalue weighted by Crippen LogP contribution is 1.97. The summed E-state index contributed by atoms with van der Waals surface area (Å²) in [4.78, 5) is 11.5. The van der Waals surface area contributed by atoms with Crippen molar-refractivity contribution in [1.29, 1.82) is 0 Å². The SMILES string of the molecule is CC(C)CCNC(=O)CCNCc1ccccc1. The summed E-state index contributed by atoms with van der Waals surface area (Å²) in [7, 11) is 0. The number of nitrogens with one attached hydrogen (secondary N) is 2. The first-order valence-corrected chi connectivity index (χ1v) is 6.70. The number of hydrogen-bond acceptors (Lipinski definition) is 2. The third kappa shape index (κ3) is 7.07. The minimum atomic E-state index is 0.135. The average Bonchev–Trinajstić information content (AvgIpc) is 2.35. The van der Waals surface area contributed by atoms with Crippen molar-refractivity contribution in [2.45, 2.75) is 33.2 Å². The molecule has 3 nitrogen and oxygen atoms in total. The molecule has 0 aromatic heterocycles. The summed E-state index contributed by atoms with van der Waals surface area (Å²) in [6.45, 7) is 6.65. The first-order chi connectivity index (χ1) is 8.68. The molecule has 0 bridgehead atoms. The number of hydrogen-bond donors (Lipinski definition) is 2. The van der Waals surface area contributed by atoms with E-state index in [0.29, 0.717) is 12.3 Å². The van der Waals surface area contributed by atoms with E-state index in [4.69, 9.17) is 0 Å². The average molecular weight is 248 g/mol. The van der Waals surface area contributed by atoms with Gasteiger partial charge in [-0.25, -0.2) is 0 Å². The largest absolute Gasteiger partial charge is 0.356 e. The Bertz CT molecular complexity index is 336. The molecule has 0 heterocycles. The zero-order valence-corrected chi connectivity index (χ0v) is 11.4. The summed E-state index contributed by atoms with van der Waals surface area (Å²) in [6.07, 6.45) is 1.59. The van der Waals surface area contributed by atoms with E-state index in [9.17, 15) is 4.79 Å². The fourth-order valence-corrected chi connectivity index (χ4v) is 1.62. The molecule has 0 saturated carbocycles. The lowest BCUT2D eigenvalue weighted by molar-refractivity contribution is -0.121. The first kappa shape index (κ1) is 14.7. The van der Waals surface area contributed by atoms with Crippen molar-refractivity contribution >= 4 is 5.91 Å². The number of rotatable bonds is 8. The number of benzene rings is 1. The molecule has 0 aliphatic heterocycles. The lowest BCUT2D eigenvalue weighted by Crippen LogP contribution is -2.28. The molecule has 0 aliphatic rings. The third-order valence-corrected chi connectivity index (χ3v) is 2.74. The minimum Gasteiger partial charge on any atom is -0.356 e. The van der Waals surface area contributed by atoms with Crippen LogP contribution in [0.5, 0.6) is 0 Å². The van der Waals surface area contributed by atoms with Gasteiger partial charge in [-0.1, -0.05) is 44.2 Å². The second kappa shape index (κ2) is 8.70. The van der Waals surface area contributed by atoms with E-state index in [1.54, 1.807) is 0 Å². The maximum absolute atomic E-state index is 11.5. The van der Waals surface area contributed by atoms with Crippen molar-refractivity contribution in [2.24, 2.45) is 5.92 Å². The van der Waals surface area contributed by atoms with E-state index in [0.717, 1.165) is 26.1 Å². The maximum atomic E-state index is 11.5. The normalized spacial score (nSPS) is 10.6. The summed E-state index contributed by atoms with van der Waals surface area (Å²) < 4.78 is 0. The van der Waals surface area contributed by atoms with Gasteiger partial charge in [0.2, 0.25) is 5.91 Å². The van der Waals surface area contributed by atoms with Crippen LogP contribution in [0.3, 0.4) is 0 Å². The standard InChI is InChI=1S/C15H24N2O/c1-13(2)8-11-17-15(18)9-10-16-12-14-6-4-3-5-7-14/h3-7,13,16H,8-12H2,1-2H3,(H,17,18). The Kier molecular flexibility index (Phi) is 7.11. The molecule has 1 rings (SSSR count). The van der Waals surface area contributed by atoms with Gasteiger partial charge >= 0.3 is 0 Å². The monoisotopic (exact) mass is 248 g/mol. The smallest absolute Gasteiger partial charge is 0.221 e. The molecule has 0 spiro atoms. The predicted octanol–water partition coefficient (Wildman–Crippen LogP) is 2.33. The van der Waals surface area contributed by atoms with Crippen LogP contribution >= 0.6 is 0 Å². The molecule has 3 heteroatoms. The van der Waals surface area contributed by atoms with Gasteiger partial charge in [-0.3, -0.25) is 4.79 Å². The Morgan fingerprint density at radius 3 is 2.56 bits per heavy atom. The van der Waals surface area contributed by atoms with Gasteiger partial charge in [-0.2, -0.15) is 0 Å². The second-order valence-electron chi connectivity index (χ2n) is 4.94. The van der Waals surface area contributed by atoms with Crippen LogP contribution in [0.4, 0.5) is 0 Å². The molecule has 0 radical (unpaired) electrons. The summed E-state index contributed by atoms with van der Waals surface area (Å²) in [5.74, 6) is 0.776. The van der Waals surface area contributed by atoms with Gasteiger partial charge in [0.05, 0.1) is 0 Å². The molecule has 2 N–H and O–H groups in total. The highest BCUT2D eigenvalue weighted by molar-refractivity contribution is 5.75. The number of carbonyl (C=O) groups is 1. The van der Waals surface area contributed by atoms with Crippen LogP contribution < -0.4 is 10.6 Å². The predicted molar refractivity (Wildman–Crippen MR) is 75.2 cm³/mol. The molecule has 0 unspecified atom stereocenters. The van der Waals surface area contributed by atoms with Gasteiger partial charge in [0.25, 0.3) is 0 Å². The molecule has 0 atom stereocenters. The summed E-state index contributed by atoms with van der Waals surface area (Å²) in [6, 6.07) is 10.2. The van der Waals surface area contributed by atoms with Crippen molar-refractivity contribution in [3.8, 4) is 0 Å². The van der Waals surface area contributed by atoms with Crippen molar-refractivity contribution in [3.05, 3.63) is 35.9 Å². The van der Waals surface area contributed by atoms with E-state index in [1.165, 1.54) is 5.56 Å². The highest BCUT2D eigenvalue weighted by Gasteiger charge is 2.01. The van der Waals surface area contributed by atoms with Gasteiger partial charge < -0.3 is 10.6 Å². The summed E-state index contributed by atoms with van der Waals surface area (Å²) in [5.41, 5.74) is 1.25. The van der Waals surface area contributed by atoms with Crippen LogP contribution in [0.25, 0.3) is 0 Å². The van der Waals surface area contributed by atoms with E-state index < -0.39 is 0 Å².